The molecule has 0 bridgehead atoms. The van der Waals surface area contributed by atoms with E-state index in [-0.39, 0.29) is 33.4 Å². The van der Waals surface area contributed by atoms with Gasteiger partial charge in [0.25, 0.3) is 15.7 Å². The lowest BCUT2D eigenvalue weighted by molar-refractivity contribution is -0.384. The Morgan fingerprint density at radius 2 is 1.86 bits per heavy atom. The molecule has 0 spiro atoms. The van der Waals surface area contributed by atoms with Crippen molar-refractivity contribution in [2.45, 2.75) is 25.3 Å². The molecule has 0 aliphatic carbocycles. The van der Waals surface area contributed by atoms with Gasteiger partial charge in [-0.25, -0.2) is 12.8 Å². The second-order valence-electron chi connectivity index (χ2n) is 6.26. The fourth-order valence-electron chi connectivity index (χ4n) is 2.77. The Kier molecular flexibility index (Phi) is 5.58. The molecule has 1 heterocycles. The lowest BCUT2D eigenvalue weighted by Crippen LogP contribution is -2.14. The van der Waals surface area contributed by atoms with Crippen LogP contribution in [-0.4, -0.2) is 23.1 Å². The summed E-state index contributed by atoms with van der Waals surface area (Å²) in [7, 11) is -4.00. The standard InChI is InChI=1S/C18H16ClFN4O4S/c1-11-18(22-29(27,28)14-8-6-13(7-9-14)24(25)26)12(2)23(21-11)10-15-16(19)4-3-5-17(15)20/h3-9,22H,10H2,1-2H3. The summed E-state index contributed by atoms with van der Waals surface area (Å²) in [6, 6.07) is 8.85. The summed E-state index contributed by atoms with van der Waals surface area (Å²) in [6.45, 7) is 3.28. The van der Waals surface area contributed by atoms with Crippen molar-refractivity contribution in [2.75, 3.05) is 4.72 Å². The van der Waals surface area contributed by atoms with Crippen LogP contribution in [0.4, 0.5) is 15.8 Å². The maximum atomic E-state index is 14.1. The van der Waals surface area contributed by atoms with Gasteiger partial charge in [-0.15, -0.1) is 0 Å². The third kappa shape index (κ3) is 4.22. The third-order valence-corrected chi connectivity index (χ3v) is 6.07. The van der Waals surface area contributed by atoms with Gasteiger partial charge in [-0.2, -0.15) is 5.10 Å². The van der Waals surface area contributed by atoms with Crippen LogP contribution in [0.2, 0.25) is 5.02 Å². The van der Waals surface area contributed by atoms with Crippen molar-refractivity contribution >= 4 is 33.0 Å². The van der Waals surface area contributed by atoms with Gasteiger partial charge < -0.3 is 0 Å². The zero-order chi connectivity index (χ0) is 21.3. The van der Waals surface area contributed by atoms with Gasteiger partial charge in [0.1, 0.15) is 5.82 Å². The minimum absolute atomic E-state index is 0.0252. The smallest absolute Gasteiger partial charge is 0.269 e. The first-order chi connectivity index (χ1) is 13.6. The molecule has 0 fully saturated rings. The van der Waals surface area contributed by atoms with E-state index in [9.17, 15) is 22.9 Å². The highest BCUT2D eigenvalue weighted by Crippen LogP contribution is 2.27. The molecule has 3 rings (SSSR count). The van der Waals surface area contributed by atoms with Crippen LogP contribution in [0.15, 0.2) is 47.4 Å². The molecule has 0 radical (unpaired) electrons. The van der Waals surface area contributed by atoms with Crippen LogP contribution < -0.4 is 4.72 Å². The Bertz CT molecular complexity index is 1170. The largest absolute Gasteiger partial charge is 0.276 e. The van der Waals surface area contributed by atoms with Gasteiger partial charge in [0.05, 0.1) is 33.4 Å². The first-order valence-corrected chi connectivity index (χ1v) is 10.2. The summed E-state index contributed by atoms with van der Waals surface area (Å²) in [5.74, 6) is -0.488. The second-order valence-corrected chi connectivity index (χ2v) is 8.35. The van der Waals surface area contributed by atoms with Crippen LogP contribution in [0.1, 0.15) is 17.0 Å². The van der Waals surface area contributed by atoms with Crippen LogP contribution in [0.3, 0.4) is 0 Å². The number of hydrogen-bond donors (Lipinski definition) is 1. The Labute approximate surface area is 171 Å². The summed E-state index contributed by atoms with van der Waals surface area (Å²) < 4.78 is 43.3. The number of nitro groups is 1. The molecule has 0 saturated heterocycles. The second kappa shape index (κ2) is 7.80. The molecular formula is C18H16ClFN4O4S. The Morgan fingerprint density at radius 1 is 1.21 bits per heavy atom. The lowest BCUT2D eigenvalue weighted by Gasteiger charge is -2.10. The number of nitrogens with zero attached hydrogens (tertiary/aromatic N) is 3. The molecule has 2 aromatic carbocycles. The van der Waals surface area contributed by atoms with Crippen molar-refractivity contribution in [1.29, 1.82) is 0 Å². The van der Waals surface area contributed by atoms with E-state index in [0.717, 1.165) is 24.3 Å². The van der Waals surface area contributed by atoms with Crippen molar-refractivity contribution in [3.63, 3.8) is 0 Å². The lowest BCUT2D eigenvalue weighted by atomic mass is 10.2. The van der Waals surface area contributed by atoms with Gasteiger partial charge in [-0.05, 0) is 38.1 Å². The fourth-order valence-corrected chi connectivity index (χ4v) is 4.17. The Balaban J connectivity index is 1.91. The van der Waals surface area contributed by atoms with E-state index in [1.165, 1.54) is 16.8 Å². The maximum absolute atomic E-state index is 14.1. The minimum Gasteiger partial charge on any atom is -0.276 e. The van der Waals surface area contributed by atoms with Gasteiger partial charge in [0.2, 0.25) is 0 Å². The number of nitro benzene ring substituents is 1. The number of sulfonamides is 1. The predicted molar refractivity (Wildman–Crippen MR) is 106 cm³/mol. The molecular weight excluding hydrogens is 423 g/mol. The van der Waals surface area contributed by atoms with Crippen molar-refractivity contribution in [3.8, 4) is 0 Å². The van der Waals surface area contributed by atoms with Crippen molar-refractivity contribution in [2.24, 2.45) is 0 Å². The molecule has 29 heavy (non-hydrogen) atoms. The molecule has 0 aliphatic rings. The van der Waals surface area contributed by atoms with Gasteiger partial charge in [-0.3, -0.25) is 19.5 Å². The number of halogens is 2. The van der Waals surface area contributed by atoms with E-state index in [2.05, 4.69) is 9.82 Å². The molecule has 8 nitrogen and oxygen atoms in total. The van der Waals surface area contributed by atoms with E-state index in [4.69, 9.17) is 11.6 Å². The quantitative estimate of drug-likeness (QED) is 0.461. The normalized spacial score (nSPS) is 11.4. The number of aromatic nitrogens is 2. The van der Waals surface area contributed by atoms with E-state index in [0.29, 0.717) is 11.4 Å². The first kappa shape index (κ1) is 20.7. The molecule has 152 valence electrons. The van der Waals surface area contributed by atoms with E-state index in [1.54, 1.807) is 19.9 Å². The highest BCUT2D eigenvalue weighted by molar-refractivity contribution is 7.92. The summed E-state index contributed by atoms with van der Waals surface area (Å²) >= 11 is 6.06. The average Bonchev–Trinajstić information content (AvgIpc) is 2.92. The molecule has 0 unspecified atom stereocenters. The number of hydrogen-bond acceptors (Lipinski definition) is 5. The molecule has 0 aliphatic heterocycles. The summed E-state index contributed by atoms with van der Waals surface area (Å²) in [6.07, 6.45) is 0. The van der Waals surface area contributed by atoms with Crippen LogP contribution in [0, 0.1) is 29.8 Å². The SMILES string of the molecule is Cc1nn(Cc2c(F)cccc2Cl)c(C)c1NS(=O)(=O)c1ccc([N+](=O)[O-])cc1. The Morgan fingerprint density at radius 3 is 2.45 bits per heavy atom. The van der Waals surface area contributed by atoms with Crippen LogP contribution >= 0.6 is 11.6 Å². The molecule has 0 atom stereocenters. The third-order valence-electron chi connectivity index (χ3n) is 4.35. The summed E-state index contributed by atoms with van der Waals surface area (Å²) in [4.78, 5) is 9.99. The number of benzene rings is 2. The number of rotatable bonds is 6. The highest BCUT2D eigenvalue weighted by Gasteiger charge is 2.21. The number of non-ortho nitro benzene ring substituents is 1. The molecule has 1 aromatic heterocycles. The zero-order valence-electron chi connectivity index (χ0n) is 15.4. The summed E-state index contributed by atoms with van der Waals surface area (Å²) in [5, 5.41) is 15.3. The monoisotopic (exact) mass is 438 g/mol. The fraction of sp³-hybridized carbons (Fsp3) is 0.167. The van der Waals surface area contributed by atoms with Crippen LogP contribution in [-0.2, 0) is 16.6 Å². The minimum atomic E-state index is -4.00. The number of nitrogens with one attached hydrogen (secondary N) is 1. The van der Waals surface area contributed by atoms with E-state index < -0.39 is 20.8 Å². The van der Waals surface area contributed by atoms with Gasteiger partial charge >= 0.3 is 0 Å². The van der Waals surface area contributed by atoms with Crippen molar-refractivity contribution in [3.05, 3.63) is 80.4 Å². The van der Waals surface area contributed by atoms with E-state index in [1.807, 2.05) is 0 Å². The van der Waals surface area contributed by atoms with Crippen molar-refractivity contribution < 1.29 is 17.7 Å². The highest BCUT2D eigenvalue weighted by atomic mass is 35.5. The van der Waals surface area contributed by atoms with Crippen LogP contribution in [0.5, 0.6) is 0 Å². The summed E-state index contributed by atoms with van der Waals surface area (Å²) in [5.41, 5.74) is 1.12. The molecule has 0 saturated carbocycles. The maximum Gasteiger partial charge on any atom is 0.269 e. The molecule has 3 aromatic rings. The van der Waals surface area contributed by atoms with Gasteiger partial charge in [-0.1, -0.05) is 17.7 Å². The predicted octanol–water partition coefficient (Wildman–Crippen LogP) is 4.05. The number of aryl methyl sites for hydroxylation is 1. The first-order valence-electron chi connectivity index (χ1n) is 8.34. The molecule has 11 heteroatoms. The molecule has 1 N–H and O–H groups in total. The van der Waals surface area contributed by atoms with Crippen molar-refractivity contribution in [1.82, 2.24) is 9.78 Å². The van der Waals surface area contributed by atoms with E-state index >= 15 is 0 Å². The topological polar surface area (TPSA) is 107 Å². The molecule has 0 amide bonds. The Hall–Kier alpha value is -2.98. The number of anilines is 1. The van der Waals surface area contributed by atoms with Gasteiger partial charge in [0, 0.05) is 22.7 Å². The van der Waals surface area contributed by atoms with Crippen LogP contribution in [0.25, 0.3) is 0 Å². The average molecular weight is 439 g/mol. The van der Waals surface area contributed by atoms with Gasteiger partial charge in [0.15, 0.2) is 0 Å². The zero-order valence-corrected chi connectivity index (χ0v) is 17.0.